The topological polar surface area (TPSA) is 70.9 Å². The van der Waals surface area contributed by atoms with Gasteiger partial charge >= 0.3 is 0 Å². The molecular weight excluding hydrogens is 409 g/mol. The highest BCUT2D eigenvalue weighted by Gasteiger charge is 2.19. The van der Waals surface area contributed by atoms with Crippen LogP contribution in [0.4, 0.5) is 5.82 Å². The molecule has 3 heterocycles. The summed E-state index contributed by atoms with van der Waals surface area (Å²) in [4.78, 5) is 15.4. The highest BCUT2D eigenvalue weighted by atomic mass is 35.5. The normalized spacial score (nSPS) is 15.8. The van der Waals surface area contributed by atoms with E-state index in [1.165, 1.54) is 5.56 Å². The number of hydrogen-bond acceptors (Lipinski definition) is 6. The van der Waals surface area contributed by atoms with Crippen LogP contribution in [0.2, 0.25) is 10.0 Å². The van der Waals surface area contributed by atoms with E-state index in [0.29, 0.717) is 16.1 Å². The first kappa shape index (κ1) is 20.3. The standard InChI is InChI=1S/C20H25Cl2N7/c1-28-13-27-18-19(25-12-26-20(18)28)24-7-6-23-15-4-8-29(9-5-15)11-14-2-3-16(21)17(22)10-14/h2-3,10,12-13,15,23H,4-9,11H2,1H3,(H,24,25,26). The second kappa shape index (κ2) is 9.26. The van der Waals surface area contributed by atoms with Crippen molar-refractivity contribution in [1.82, 2.24) is 29.7 Å². The first-order valence-electron chi connectivity index (χ1n) is 9.85. The number of anilines is 1. The van der Waals surface area contributed by atoms with Crippen LogP contribution >= 0.6 is 23.2 Å². The van der Waals surface area contributed by atoms with Crippen LogP contribution in [0.5, 0.6) is 0 Å². The molecule has 4 rings (SSSR count). The second-order valence-corrected chi connectivity index (χ2v) is 8.24. The number of likely N-dealkylation sites (tertiary alicyclic amines) is 1. The molecule has 0 unspecified atom stereocenters. The second-order valence-electron chi connectivity index (χ2n) is 7.43. The first-order chi connectivity index (χ1) is 14.1. The zero-order valence-electron chi connectivity index (χ0n) is 16.4. The molecule has 3 aromatic rings. The average Bonchev–Trinajstić information content (AvgIpc) is 3.11. The molecular formula is C20H25Cl2N7. The van der Waals surface area contributed by atoms with Crippen molar-refractivity contribution in [2.45, 2.75) is 25.4 Å². The van der Waals surface area contributed by atoms with E-state index < -0.39 is 0 Å². The maximum atomic E-state index is 6.12. The minimum atomic E-state index is 0.544. The van der Waals surface area contributed by atoms with Crippen LogP contribution in [-0.2, 0) is 13.6 Å². The van der Waals surface area contributed by atoms with Crippen LogP contribution in [0, 0.1) is 0 Å². The van der Waals surface area contributed by atoms with Gasteiger partial charge in [-0.2, -0.15) is 0 Å². The number of hydrogen-bond donors (Lipinski definition) is 2. The number of fused-ring (bicyclic) bond motifs is 1. The third-order valence-corrected chi connectivity index (χ3v) is 6.06. The molecule has 2 N–H and O–H groups in total. The molecule has 0 aliphatic carbocycles. The van der Waals surface area contributed by atoms with E-state index in [1.807, 2.05) is 23.7 Å². The van der Waals surface area contributed by atoms with Gasteiger partial charge in [0.1, 0.15) is 11.8 Å². The minimum Gasteiger partial charge on any atom is -0.367 e. The molecule has 1 saturated heterocycles. The van der Waals surface area contributed by atoms with Gasteiger partial charge < -0.3 is 15.2 Å². The SMILES string of the molecule is Cn1cnc2c(NCCNC3CCN(Cc4ccc(Cl)c(Cl)c4)CC3)ncnc21. The molecule has 0 saturated carbocycles. The number of aryl methyl sites for hydroxylation is 1. The Balaban J connectivity index is 1.19. The zero-order valence-corrected chi connectivity index (χ0v) is 17.9. The predicted octanol–water partition coefficient (Wildman–Crippen LogP) is 3.34. The van der Waals surface area contributed by atoms with Crippen molar-refractivity contribution < 1.29 is 0 Å². The lowest BCUT2D eigenvalue weighted by Crippen LogP contribution is -2.43. The fourth-order valence-electron chi connectivity index (χ4n) is 3.72. The van der Waals surface area contributed by atoms with Gasteiger partial charge in [0.15, 0.2) is 11.5 Å². The molecule has 1 aliphatic rings. The number of imidazole rings is 1. The molecule has 0 radical (unpaired) electrons. The highest BCUT2D eigenvalue weighted by molar-refractivity contribution is 6.42. The Morgan fingerprint density at radius 1 is 1.07 bits per heavy atom. The number of rotatable bonds is 7. The number of nitrogens with zero attached hydrogens (tertiary/aromatic N) is 5. The molecule has 1 aromatic carbocycles. The van der Waals surface area contributed by atoms with E-state index in [-0.39, 0.29) is 0 Å². The zero-order chi connectivity index (χ0) is 20.2. The van der Waals surface area contributed by atoms with E-state index in [9.17, 15) is 0 Å². The van der Waals surface area contributed by atoms with Gasteiger partial charge in [-0.1, -0.05) is 29.3 Å². The van der Waals surface area contributed by atoms with E-state index >= 15 is 0 Å². The Kier molecular flexibility index (Phi) is 6.50. The average molecular weight is 434 g/mol. The summed E-state index contributed by atoms with van der Waals surface area (Å²) in [6.07, 6.45) is 5.61. The van der Waals surface area contributed by atoms with E-state index in [2.05, 4.69) is 36.6 Å². The molecule has 2 aromatic heterocycles. The van der Waals surface area contributed by atoms with Gasteiger partial charge in [0.25, 0.3) is 0 Å². The number of halogens is 2. The van der Waals surface area contributed by atoms with Crippen molar-refractivity contribution in [3.05, 3.63) is 46.5 Å². The Morgan fingerprint density at radius 3 is 2.69 bits per heavy atom. The van der Waals surface area contributed by atoms with Crippen LogP contribution in [0.1, 0.15) is 18.4 Å². The molecule has 1 aliphatic heterocycles. The maximum Gasteiger partial charge on any atom is 0.165 e. The van der Waals surface area contributed by atoms with Crippen molar-refractivity contribution in [2.24, 2.45) is 7.05 Å². The van der Waals surface area contributed by atoms with E-state index in [4.69, 9.17) is 23.2 Å². The van der Waals surface area contributed by atoms with Crippen molar-refractivity contribution in [1.29, 1.82) is 0 Å². The molecule has 0 spiro atoms. The van der Waals surface area contributed by atoms with Crippen LogP contribution in [0.25, 0.3) is 11.2 Å². The minimum absolute atomic E-state index is 0.544. The molecule has 0 atom stereocenters. The molecule has 1 fully saturated rings. The van der Waals surface area contributed by atoms with Crippen molar-refractivity contribution >= 4 is 40.2 Å². The Hall–Kier alpha value is -1.93. The Labute approximate surface area is 180 Å². The lowest BCUT2D eigenvalue weighted by Gasteiger charge is -2.32. The summed E-state index contributed by atoms with van der Waals surface area (Å²) in [5, 5.41) is 8.25. The van der Waals surface area contributed by atoms with Crippen LogP contribution in [0.3, 0.4) is 0 Å². The summed E-state index contributed by atoms with van der Waals surface area (Å²) in [6.45, 7) is 4.75. The summed E-state index contributed by atoms with van der Waals surface area (Å²) in [6, 6.07) is 6.43. The summed E-state index contributed by atoms with van der Waals surface area (Å²) in [7, 11) is 1.93. The van der Waals surface area contributed by atoms with Crippen LogP contribution in [-0.4, -0.2) is 56.6 Å². The van der Waals surface area contributed by atoms with Gasteiger partial charge in [-0.3, -0.25) is 4.90 Å². The largest absolute Gasteiger partial charge is 0.367 e. The van der Waals surface area contributed by atoms with Crippen LogP contribution < -0.4 is 10.6 Å². The van der Waals surface area contributed by atoms with Gasteiger partial charge in [-0.15, -0.1) is 0 Å². The van der Waals surface area contributed by atoms with Crippen molar-refractivity contribution in [2.75, 3.05) is 31.5 Å². The lowest BCUT2D eigenvalue weighted by molar-refractivity contribution is 0.191. The van der Waals surface area contributed by atoms with E-state index in [1.54, 1.807) is 12.7 Å². The number of benzene rings is 1. The number of nitrogens with one attached hydrogen (secondary N) is 2. The van der Waals surface area contributed by atoms with Gasteiger partial charge in [-0.05, 0) is 43.6 Å². The summed E-state index contributed by atoms with van der Waals surface area (Å²) >= 11 is 12.1. The molecule has 0 bridgehead atoms. The number of piperidine rings is 1. The Bertz CT molecular complexity index is 967. The van der Waals surface area contributed by atoms with Gasteiger partial charge in [0.05, 0.1) is 16.4 Å². The first-order valence-corrected chi connectivity index (χ1v) is 10.6. The maximum absolute atomic E-state index is 6.12. The molecule has 29 heavy (non-hydrogen) atoms. The third-order valence-electron chi connectivity index (χ3n) is 5.33. The van der Waals surface area contributed by atoms with Gasteiger partial charge in [0.2, 0.25) is 0 Å². The molecule has 9 heteroatoms. The summed E-state index contributed by atoms with van der Waals surface area (Å²) in [5.74, 6) is 0.786. The third kappa shape index (κ3) is 4.98. The quantitative estimate of drug-likeness (QED) is 0.556. The molecule has 0 amide bonds. The molecule has 154 valence electrons. The number of aromatic nitrogens is 4. The van der Waals surface area contributed by atoms with Gasteiger partial charge in [-0.25, -0.2) is 15.0 Å². The fraction of sp³-hybridized carbons (Fsp3) is 0.450. The lowest BCUT2D eigenvalue weighted by atomic mass is 10.0. The Morgan fingerprint density at radius 2 is 1.90 bits per heavy atom. The summed E-state index contributed by atoms with van der Waals surface area (Å²) < 4.78 is 1.90. The van der Waals surface area contributed by atoms with E-state index in [0.717, 1.165) is 62.5 Å². The van der Waals surface area contributed by atoms with Crippen molar-refractivity contribution in [3.8, 4) is 0 Å². The van der Waals surface area contributed by atoms with Crippen LogP contribution in [0.15, 0.2) is 30.9 Å². The summed E-state index contributed by atoms with van der Waals surface area (Å²) in [5.41, 5.74) is 2.86. The van der Waals surface area contributed by atoms with Gasteiger partial charge in [0, 0.05) is 32.7 Å². The predicted molar refractivity (Wildman–Crippen MR) is 118 cm³/mol. The molecule has 7 nitrogen and oxygen atoms in total. The highest BCUT2D eigenvalue weighted by Crippen LogP contribution is 2.24. The smallest absolute Gasteiger partial charge is 0.165 e. The van der Waals surface area contributed by atoms with Crippen molar-refractivity contribution in [3.63, 3.8) is 0 Å². The monoisotopic (exact) mass is 433 g/mol. The fourth-order valence-corrected chi connectivity index (χ4v) is 4.04.